The van der Waals surface area contributed by atoms with E-state index >= 15 is 0 Å². The number of para-hydroxylation sites is 2. The number of H-pyrrole nitrogens is 1. The summed E-state index contributed by atoms with van der Waals surface area (Å²) in [6.07, 6.45) is 1.65. The summed E-state index contributed by atoms with van der Waals surface area (Å²) in [5.74, 6) is -0.101. The maximum absolute atomic E-state index is 13.2. The zero-order chi connectivity index (χ0) is 21.4. The summed E-state index contributed by atoms with van der Waals surface area (Å²) in [4.78, 5) is 29.2. The predicted octanol–water partition coefficient (Wildman–Crippen LogP) is 5.86. The van der Waals surface area contributed by atoms with Crippen molar-refractivity contribution < 1.29 is 13.9 Å². The number of carbonyl (C=O) groups is 1. The lowest BCUT2D eigenvalue weighted by atomic mass is 10.1. The van der Waals surface area contributed by atoms with Crippen molar-refractivity contribution in [3.05, 3.63) is 99.8 Å². The quantitative estimate of drug-likeness (QED) is 0.355. The first kappa shape index (κ1) is 19.2. The van der Waals surface area contributed by atoms with E-state index in [9.17, 15) is 9.59 Å². The minimum atomic E-state index is -0.358. The summed E-state index contributed by atoms with van der Waals surface area (Å²) in [5, 5.41) is 1.58. The molecule has 0 aliphatic heterocycles. The first-order chi connectivity index (χ1) is 15.1. The Balaban J connectivity index is 1.58. The Kier molecular flexibility index (Phi) is 4.81. The van der Waals surface area contributed by atoms with E-state index in [0.29, 0.717) is 27.1 Å². The van der Waals surface area contributed by atoms with Crippen LogP contribution in [0.5, 0.6) is 5.75 Å². The third kappa shape index (κ3) is 3.39. The zero-order valence-electron chi connectivity index (χ0n) is 16.2. The summed E-state index contributed by atoms with van der Waals surface area (Å²) < 4.78 is 11.8. The molecule has 0 bridgehead atoms. The summed E-state index contributed by atoms with van der Waals surface area (Å²) in [5.41, 5.74) is 1.93. The Labute approximate surface area is 181 Å². The van der Waals surface area contributed by atoms with Gasteiger partial charge in [-0.2, -0.15) is 0 Å². The van der Waals surface area contributed by atoms with E-state index in [2.05, 4.69) is 4.98 Å². The second-order valence-electron chi connectivity index (χ2n) is 7.03. The Bertz CT molecular complexity index is 1500. The van der Waals surface area contributed by atoms with Crippen LogP contribution in [-0.4, -0.2) is 17.4 Å². The second kappa shape index (κ2) is 7.78. The molecule has 0 spiro atoms. The molecule has 3 aromatic carbocycles. The molecule has 5 rings (SSSR count). The lowest BCUT2D eigenvalue weighted by Gasteiger charge is -2.12. The van der Waals surface area contributed by atoms with Gasteiger partial charge in [0.05, 0.1) is 10.4 Å². The van der Waals surface area contributed by atoms with Crippen molar-refractivity contribution in [2.75, 3.05) is 6.61 Å². The maximum atomic E-state index is 13.2. The van der Waals surface area contributed by atoms with Crippen molar-refractivity contribution in [1.29, 1.82) is 0 Å². The molecule has 0 amide bonds. The number of aromatic amines is 1. The van der Waals surface area contributed by atoms with Crippen LogP contribution in [0.15, 0.2) is 88.2 Å². The molecule has 5 nitrogen and oxygen atoms in total. The van der Waals surface area contributed by atoms with Crippen LogP contribution in [0.1, 0.15) is 10.4 Å². The molecule has 31 heavy (non-hydrogen) atoms. The van der Waals surface area contributed by atoms with Gasteiger partial charge in [-0.1, -0.05) is 54.1 Å². The fourth-order valence-corrected chi connectivity index (χ4v) is 3.82. The van der Waals surface area contributed by atoms with Crippen molar-refractivity contribution in [2.24, 2.45) is 0 Å². The lowest BCUT2D eigenvalue weighted by molar-refractivity contribution is 0.0922. The van der Waals surface area contributed by atoms with Gasteiger partial charge in [0.15, 0.2) is 12.4 Å². The van der Waals surface area contributed by atoms with E-state index in [1.54, 1.807) is 54.7 Å². The summed E-state index contributed by atoms with van der Waals surface area (Å²) >= 11 is 6.35. The summed E-state index contributed by atoms with van der Waals surface area (Å²) in [7, 11) is 0. The van der Waals surface area contributed by atoms with Gasteiger partial charge in [-0.15, -0.1) is 0 Å². The van der Waals surface area contributed by atoms with Crippen LogP contribution in [0, 0.1) is 0 Å². The van der Waals surface area contributed by atoms with Gasteiger partial charge in [0, 0.05) is 28.2 Å². The molecule has 152 valence electrons. The van der Waals surface area contributed by atoms with Crippen LogP contribution in [-0.2, 0) is 0 Å². The molecule has 2 aromatic heterocycles. The maximum Gasteiger partial charge on any atom is 0.235 e. The summed E-state index contributed by atoms with van der Waals surface area (Å²) in [6, 6.07) is 21.4. The number of benzene rings is 3. The Hall–Kier alpha value is -3.83. The SMILES string of the molecule is O=C(COc1c(-c2ccccc2Cl)oc2ccccc2c1=O)c1c[nH]c2ccccc12. The van der Waals surface area contributed by atoms with Gasteiger partial charge in [-0.3, -0.25) is 9.59 Å². The fourth-order valence-electron chi connectivity index (χ4n) is 3.60. The van der Waals surface area contributed by atoms with Crippen molar-refractivity contribution in [3.8, 4) is 17.1 Å². The molecule has 0 aliphatic carbocycles. The molecule has 0 radical (unpaired) electrons. The van der Waals surface area contributed by atoms with E-state index in [4.69, 9.17) is 20.8 Å². The number of rotatable bonds is 5. The van der Waals surface area contributed by atoms with E-state index in [1.807, 2.05) is 24.3 Å². The van der Waals surface area contributed by atoms with Crippen LogP contribution < -0.4 is 10.2 Å². The van der Waals surface area contributed by atoms with Gasteiger partial charge in [-0.25, -0.2) is 0 Å². The van der Waals surface area contributed by atoms with Crippen molar-refractivity contribution >= 4 is 39.3 Å². The number of hydrogen-bond acceptors (Lipinski definition) is 4. The molecular formula is C25H16ClNO4. The first-order valence-electron chi connectivity index (χ1n) is 9.66. The van der Waals surface area contributed by atoms with Crippen LogP contribution in [0.3, 0.4) is 0 Å². The summed E-state index contributed by atoms with van der Waals surface area (Å²) in [6.45, 7) is -0.317. The van der Waals surface area contributed by atoms with Crippen LogP contribution in [0.2, 0.25) is 5.02 Å². The Morgan fingerprint density at radius 2 is 1.65 bits per heavy atom. The molecule has 1 N–H and O–H groups in total. The minimum Gasteiger partial charge on any atom is -0.478 e. The number of halogens is 1. The molecule has 0 saturated heterocycles. The number of Topliss-reactive ketones (excluding diaryl/α,β-unsaturated/α-hetero) is 1. The largest absolute Gasteiger partial charge is 0.478 e. The third-order valence-electron chi connectivity index (χ3n) is 5.11. The van der Waals surface area contributed by atoms with E-state index < -0.39 is 0 Å². The van der Waals surface area contributed by atoms with Crippen LogP contribution >= 0.6 is 11.6 Å². The number of carbonyl (C=O) groups excluding carboxylic acids is 1. The zero-order valence-corrected chi connectivity index (χ0v) is 17.0. The number of nitrogens with one attached hydrogen (secondary N) is 1. The van der Waals surface area contributed by atoms with Gasteiger partial charge >= 0.3 is 0 Å². The molecular weight excluding hydrogens is 414 g/mol. The molecule has 0 unspecified atom stereocenters. The van der Waals surface area contributed by atoms with Crippen LogP contribution in [0.4, 0.5) is 0 Å². The van der Waals surface area contributed by atoms with Gasteiger partial charge in [0.25, 0.3) is 0 Å². The molecule has 0 aliphatic rings. The van der Waals surface area contributed by atoms with E-state index in [1.165, 1.54) is 0 Å². The topological polar surface area (TPSA) is 72.3 Å². The minimum absolute atomic E-state index is 0.0417. The lowest BCUT2D eigenvalue weighted by Crippen LogP contribution is -2.17. The Morgan fingerprint density at radius 1 is 0.935 bits per heavy atom. The number of ether oxygens (including phenoxy) is 1. The molecule has 6 heteroatoms. The number of aromatic nitrogens is 1. The Morgan fingerprint density at radius 3 is 2.48 bits per heavy atom. The standard InChI is InChI=1S/C25H16ClNO4/c26-19-10-4-1-8-16(19)24-25(23(29)17-9-3-6-12-22(17)31-24)30-14-21(28)18-13-27-20-11-5-2-7-15(18)20/h1-13,27H,14H2. The normalized spacial score (nSPS) is 11.1. The number of ketones is 1. The molecule has 2 heterocycles. The molecule has 0 atom stereocenters. The monoisotopic (exact) mass is 429 g/mol. The highest BCUT2D eigenvalue weighted by atomic mass is 35.5. The van der Waals surface area contributed by atoms with Crippen molar-refractivity contribution in [2.45, 2.75) is 0 Å². The van der Waals surface area contributed by atoms with Gasteiger partial charge in [0.2, 0.25) is 17.0 Å². The van der Waals surface area contributed by atoms with Gasteiger partial charge in [0.1, 0.15) is 5.58 Å². The first-order valence-corrected chi connectivity index (χ1v) is 10.0. The third-order valence-corrected chi connectivity index (χ3v) is 5.44. The molecule has 0 fully saturated rings. The highest BCUT2D eigenvalue weighted by molar-refractivity contribution is 6.33. The predicted molar refractivity (Wildman–Crippen MR) is 121 cm³/mol. The van der Waals surface area contributed by atoms with E-state index in [-0.39, 0.29) is 29.3 Å². The van der Waals surface area contributed by atoms with Crippen molar-refractivity contribution in [1.82, 2.24) is 4.98 Å². The van der Waals surface area contributed by atoms with Crippen LogP contribution in [0.25, 0.3) is 33.2 Å². The molecule has 5 aromatic rings. The highest BCUT2D eigenvalue weighted by Gasteiger charge is 2.21. The molecule has 0 saturated carbocycles. The average molecular weight is 430 g/mol. The second-order valence-corrected chi connectivity index (χ2v) is 7.43. The number of hydrogen-bond donors (Lipinski definition) is 1. The highest BCUT2D eigenvalue weighted by Crippen LogP contribution is 2.35. The fraction of sp³-hybridized carbons (Fsp3) is 0.0400. The van der Waals surface area contributed by atoms with Crippen molar-refractivity contribution in [3.63, 3.8) is 0 Å². The smallest absolute Gasteiger partial charge is 0.235 e. The van der Waals surface area contributed by atoms with Gasteiger partial charge in [-0.05, 0) is 30.3 Å². The average Bonchev–Trinajstić information content (AvgIpc) is 3.23. The van der Waals surface area contributed by atoms with E-state index in [0.717, 1.165) is 10.9 Å². The number of fused-ring (bicyclic) bond motifs is 2. The van der Waals surface area contributed by atoms with Gasteiger partial charge < -0.3 is 14.1 Å².